The minimum absolute atomic E-state index is 0.279. The first-order valence-corrected chi connectivity index (χ1v) is 23.4. The molecule has 0 radical (unpaired) electrons. The van der Waals surface area contributed by atoms with Crippen LogP contribution in [0, 0.1) is 44.3 Å². The van der Waals surface area contributed by atoms with E-state index in [2.05, 4.69) is 4.51 Å². The quantitative estimate of drug-likeness (QED) is 0.0444. The lowest BCUT2D eigenvalue weighted by molar-refractivity contribution is 0.366. The molecule has 26 heteroatoms. The molecule has 0 aliphatic heterocycles. The second-order valence-corrected chi connectivity index (χ2v) is 19.2. The Hall–Kier alpha value is -4.81. The molecule has 59 heavy (non-hydrogen) atoms. The zero-order valence-corrected chi connectivity index (χ0v) is 33.4. The van der Waals surface area contributed by atoms with Gasteiger partial charge in [0.1, 0.15) is 21.3 Å². The third kappa shape index (κ3) is 8.10. The van der Waals surface area contributed by atoms with Crippen LogP contribution in [0.4, 0.5) is 30.7 Å². The first-order valence-electron chi connectivity index (χ1n) is 15.0. The predicted octanol–water partition coefficient (Wildman–Crippen LogP) is 7.78. The van der Waals surface area contributed by atoms with Crippen molar-refractivity contribution in [1.82, 2.24) is 0 Å². The van der Waals surface area contributed by atoms with Crippen LogP contribution in [-0.2, 0) is 40.5 Å². The van der Waals surface area contributed by atoms with Crippen molar-refractivity contribution in [2.75, 3.05) is 0 Å². The minimum atomic E-state index is -5.30. The van der Waals surface area contributed by atoms with Gasteiger partial charge in [0, 0.05) is 10.8 Å². The number of hydrogen-bond acceptors (Lipinski definition) is 10. The van der Waals surface area contributed by atoms with Crippen molar-refractivity contribution in [2.45, 2.75) is 19.6 Å². The smallest absolute Gasteiger partial charge is 0.295 e. The average molecular weight is 1020 g/mol. The highest BCUT2D eigenvalue weighted by molar-refractivity contribution is 14.2. The fraction of sp³-hybridized carbons (Fsp3) is 0. The molecule has 0 atom stereocenters. The molecular formula is C33H16F7IO14S4. The molecule has 0 saturated heterocycles. The van der Waals surface area contributed by atoms with Gasteiger partial charge in [-0.1, -0.05) is 37.4 Å². The Morgan fingerprint density at radius 1 is 0.458 bits per heavy atom. The highest BCUT2D eigenvalue weighted by Gasteiger charge is 2.35. The van der Waals surface area contributed by atoms with E-state index in [-0.39, 0.29) is 10.8 Å². The number of rotatable bonds is 10. The summed E-state index contributed by atoms with van der Waals surface area (Å²) in [4.78, 5) is -4.28. The second kappa shape index (κ2) is 15.0. The van der Waals surface area contributed by atoms with Crippen molar-refractivity contribution < 1.29 is 92.1 Å². The van der Waals surface area contributed by atoms with Gasteiger partial charge >= 0.3 is 0 Å². The fourth-order valence-corrected chi connectivity index (χ4v) is 9.59. The van der Waals surface area contributed by atoms with Crippen LogP contribution in [0.5, 0.6) is 23.0 Å². The zero-order chi connectivity index (χ0) is 43.9. The van der Waals surface area contributed by atoms with Crippen LogP contribution in [0.25, 0.3) is 32.7 Å². The van der Waals surface area contributed by atoms with E-state index in [1.165, 1.54) is 0 Å². The molecule has 0 bridgehead atoms. The van der Waals surface area contributed by atoms with Crippen LogP contribution in [-0.4, -0.2) is 56.4 Å². The van der Waals surface area contributed by atoms with Gasteiger partial charge in [0.05, 0.1) is 24.5 Å². The molecule has 0 unspecified atom stereocenters. The lowest BCUT2D eigenvalue weighted by Crippen LogP contribution is -2.09. The Morgan fingerprint density at radius 2 is 0.814 bits per heavy atom. The zero-order valence-electron chi connectivity index (χ0n) is 28.0. The molecule has 0 aliphatic rings. The van der Waals surface area contributed by atoms with E-state index >= 15 is 30.7 Å². The van der Waals surface area contributed by atoms with Crippen molar-refractivity contribution >= 4 is 87.3 Å². The SMILES string of the molecule is C=Ic1c(F)c(-c2c(F)c(F)c(Oc3ccc4cc(S(=O)(=O)O)cc(S(=O)(=O)O)c4c3)c(F)c2F)c(F)c(F)c1Oc1ccc2cc(S(=O)(=O)O)cc(S(=O)(=O)O)c2c1. The molecule has 0 saturated carbocycles. The van der Waals surface area contributed by atoms with Gasteiger partial charge in [-0.25, -0.2) is 17.6 Å². The highest BCUT2D eigenvalue weighted by atomic mass is 127. The van der Waals surface area contributed by atoms with Gasteiger partial charge in [-0.3, -0.25) is 18.2 Å². The molecule has 6 rings (SSSR count). The largest absolute Gasteiger partial charge is 0.453 e. The van der Waals surface area contributed by atoms with E-state index in [1.807, 2.05) is 0 Å². The molecule has 0 heterocycles. The fourth-order valence-electron chi connectivity index (χ4n) is 5.60. The predicted molar refractivity (Wildman–Crippen MR) is 199 cm³/mol. The molecular weight excluding hydrogens is 1010 g/mol. The lowest BCUT2D eigenvalue weighted by Gasteiger charge is -2.18. The van der Waals surface area contributed by atoms with Crippen LogP contribution >= 0.6 is 20.7 Å². The first kappa shape index (κ1) is 43.8. The van der Waals surface area contributed by atoms with Gasteiger partial charge in [0.2, 0.25) is 23.2 Å². The number of fused-ring (bicyclic) bond motifs is 2. The van der Waals surface area contributed by atoms with Crippen LogP contribution < -0.4 is 9.47 Å². The Kier molecular flexibility index (Phi) is 11.1. The Balaban J connectivity index is 1.46. The molecule has 0 spiro atoms. The molecule has 0 amide bonds. The average Bonchev–Trinajstić information content (AvgIpc) is 3.13. The van der Waals surface area contributed by atoms with E-state index in [0.717, 1.165) is 36.4 Å². The van der Waals surface area contributed by atoms with Crippen molar-refractivity contribution in [3.05, 3.63) is 105 Å². The third-order valence-corrected chi connectivity index (χ3v) is 13.3. The standard InChI is InChI=1S/C33H16F7IO14S4/c1-41-31-27(37)23(26(36)30(40)33(31)55-15-5-3-13-7-17(57(45,46)47)11-21(19(13)9-15)59(51,52)53)22-24(34)28(38)32(29(39)25(22)35)54-14-4-2-12-6-16(56(42,43)44)10-20(18(12)8-14)58(48,49)50/h2-11H,1H2,(H,42,43,44)(H,45,46,47)(H,48,49,50)(H,51,52,53). The van der Waals surface area contributed by atoms with Gasteiger partial charge in [0.25, 0.3) is 40.5 Å². The lowest BCUT2D eigenvalue weighted by atomic mass is 10.0. The Labute approximate surface area is 336 Å². The summed E-state index contributed by atoms with van der Waals surface area (Å²) in [6.07, 6.45) is 0. The summed E-state index contributed by atoms with van der Waals surface area (Å²) in [5.41, 5.74) is -4.12. The first-order chi connectivity index (χ1) is 27.1. The summed E-state index contributed by atoms with van der Waals surface area (Å²) in [6.45, 7) is 0. The van der Waals surface area contributed by atoms with Gasteiger partial charge < -0.3 is 9.47 Å². The van der Waals surface area contributed by atoms with Gasteiger partial charge in [-0.05, 0) is 59.3 Å². The molecule has 14 nitrogen and oxygen atoms in total. The van der Waals surface area contributed by atoms with Crippen LogP contribution in [0.2, 0.25) is 0 Å². The van der Waals surface area contributed by atoms with E-state index < -0.39 is 170 Å². The van der Waals surface area contributed by atoms with Gasteiger partial charge in [0.15, 0.2) is 29.0 Å². The maximum Gasteiger partial charge on any atom is 0.295 e. The van der Waals surface area contributed by atoms with Crippen LogP contribution in [0.3, 0.4) is 0 Å². The summed E-state index contributed by atoms with van der Waals surface area (Å²) in [5.74, 6) is -21.5. The van der Waals surface area contributed by atoms with Crippen molar-refractivity contribution in [3.8, 4) is 34.1 Å². The second-order valence-electron chi connectivity index (χ2n) is 11.8. The van der Waals surface area contributed by atoms with Crippen LogP contribution in [0.1, 0.15) is 0 Å². The molecule has 0 aromatic heterocycles. The van der Waals surface area contributed by atoms with Crippen molar-refractivity contribution in [3.63, 3.8) is 0 Å². The van der Waals surface area contributed by atoms with E-state index in [0.29, 0.717) is 24.3 Å². The topological polar surface area (TPSA) is 236 Å². The summed E-state index contributed by atoms with van der Waals surface area (Å²) in [6, 6.07) is 6.89. The van der Waals surface area contributed by atoms with Gasteiger partial charge in [-0.15, -0.1) is 0 Å². The third-order valence-electron chi connectivity index (χ3n) is 8.14. The summed E-state index contributed by atoms with van der Waals surface area (Å²) < 4.78 is 255. The summed E-state index contributed by atoms with van der Waals surface area (Å²) in [5, 5.41) is -1.74. The number of ether oxygens (including phenoxy) is 2. The van der Waals surface area contributed by atoms with E-state index in [4.69, 9.17) is 9.47 Å². The van der Waals surface area contributed by atoms with E-state index in [1.54, 1.807) is 0 Å². The monoisotopic (exact) mass is 1020 g/mol. The summed E-state index contributed by atoms with van der Waals surface area (Å²) >= 11 is -2.11. The Morgan fingerprint density at radius 3 is 1.17 bits per heavy atom. The number of hydrogen-bond donors (Lipinski definition) is 4. The van der Waals surface area contributed by atoms with Crippen LogP contribution in [0.15, 0.2) is 80.2 Å². The molecule has 6 aromatic carbocycles. The minimum Gasteiger partial charge on any atom is -0.453 e. The number of benzene rings is 6. The molecule has 0 fully saturated rings. The van der Waals surface area contributed by atoms with E-state index in [9.17, 15) is 51.9 Å². The van der Waals surface area contributed by atoms with Crippen molar-refractivity contribution in [2.24, 2.45) is 0 Å². The highest BCUT2D eigenvalue weighted by Crippen LogP contribution is 2.45. The van der Waals surface area contributed by atoms with Crippen molar-refractivity contribution in [1.29, 1.82) is 0 Å². The maximum atomic E-state index is 16.0. The van der Waals surface area contributed by atoms with Gasteiger partial charge in [-0.2, -0.15) is 46.8 Å². The molecule has 312 valence electrons. The number of halogens is 8. The molecule has 4 N–H and O–H groups in total. The Bertz CT molecular complexity index is 3300. The maximum absolute atomic E-state index is 16.0. The normalized spacial score (nSPS) is 12.7. The molecule has 6 aromatic rings. The summed E-state index contributed by atoms with van der Waals surface area (Å²) in [7, 11) is -20.6. The molecule has 0 aliphatic carbocycles.